The van der Waals surface area contributed by atoms with Crippen LogP contribution in [0.15, 0.2) is 35.7 Å². The van der Waals surface area contributed by atoms with Crippen LogP contribution >= 0.6 is 22.7 Å². The van der Waals surface area contributed by atoms with Crippen LogP contribution in [0.5, 0.6) is 11.5 Å². The van der Waals surface area contributed by atoms with Gasteiger partial charge in [0.15, 0.2) is 16.6 Å². The van der Waals surface area contributed by atoms with Gasteiger partial charge < -0.3 is 14.8 Å². The number of ether oxygens (including phenoxy) is 2. The van der Waals surface area contributed by atoms with E-state index in [4.69, 9.17) is 9.47 Å². The molecular formula is C19H17N3O4S2. The predicted molar refractivity (Wildman–Crippen MR) is 108 cm³/mol. The summed E-state index contributed by atoms with van der Waals surface area (Å²) in [5.41, 5.74) is 1.66. The fourth-order valence-electron chi connectivity index (χ4n) is 2.63. The number of carbonyl (C=O) groups is 2. The fourth-order valence-corrected chi connectivity index (χ4v) is 4.19. The third-order valence-electron chi connectivity index (χ3n) is 3.96. The Kier molecular flexibility index (Phi) is 5.27. The average molecular weight is 415 g/mol. The summed E-state index contributed by atoms with van der Waals surface area (Å²) in [6, 6.07) is 9.25. The molecule has 3 aromatic rings. The monoisotopic (exact) mass is 415 g/mol. The van der Waals surface area contributed by atoms with Gasteiger partial charge in [0.25, 0.3) is 5.91 Å². The molecule has 1 aliphatic heterocycles. The van der Waals surface area contributed by atoms with E-state index in [1.54, 1.807) is 6.07 Å². The summed E-state index contributed by atoms with van der Waals surface area (Å²) in [6.07, 6.45) is 0. The number of fused-ring (bicyclic) bond motifs is 1. The van der Waals surface area contributed by atoms with Crippen molar-refractivity contribution in [2.75, 3.05) is 18.5 Å². The third kappa shape index (κ3) is 4.15. The van der Waals surface area contributed by atoms with Crippen molar-refractivity contribution >= 4 is 39.6 Å². The van der Waals surface area contributed by atoms with Gasteiger partial charge in [0.2, 0.25) is 5.91 Å². The Labute approximate surface area is 169 Å². The molecular weight excluding hydrogens is 398 g/mol. The first-order chi connectivity index (χ1) is 13.6. The number of benzene rings is 1. The Morgan fingerprint density at radius 2 is 1.96 bits per heavy atom. The zero-order valence-electron chi connectivity index (χ0n) is 15.0. The lowest BCUT2D eigenvalue weighted by molar-refractivity contribution is -0.119. The van der Waals surface area contributed by atoms with Crippen molar-refractivity contribution in [3.63, 3.8) is 0 Å². The summed E-state index contributed by atoms with van der Waals surface area (Å²) in [7, 11) is 0. The number of nitrogens with zero attached hydrogens (tertiary/aromatic N) is 1. The molecule has 9 heteroatoms. The molecule has 1 aromatic carbocycles. The van der Waals surface area contributed by atoms with Crippen molar-refractivity contribution in [2.24, 2.45) is 0 Å². The van der Waals surface area contributed by atoms with E-state index in [9.17, 15) is 9.59 Å². The molecule has 4 rings (SSSR count). The minimum absolute atomic E-state index is 0.103. The number of nitrogens with one attached hydrogen (secondary N) is 2. The van der Waals surface area contributed by atoms with Gasteiger partial charge in [-0.05, 0) is 30.3 Å². The van der Waals surface area contributed by atoms with Gasteiger partial charge in [0, 0.05) is 22.7 Å². The summed E-state index contributed by atoms with van der Waals surface area (Å²) in [5, 5.41) is 7.95. The number of amides is 2. The standard InChI is InChI=1S/C19H17N3O4S2/c1-11(23)20-9-13-3-5-17(28-13)18(24)22-19-21-14(10-27-19)12-2-4-15-16(8-12)26-7-6-25-15/h2-5,8,10H,6-7,9H2,1H3,(H,20,23)(H,21,22,24). The molecule has 7 nitrogen and oxygen atoms in total. The number of thiazole rings is 1. The molecule has 0 spiro atoms. The molecule has 1 aliphatic rings. The zero-order chi connectivity index (χ0) is 19.5. The molecule has 0 saturated carbocycles. The van der Waals surface area contributed by atoms with E-state index in [1.165, 1.54) is 29.6 Å². The number of anilines is 1. The molecule has 0 fully saturated rings. The molecule has 0 atom stereocenters. The lowest BCUT2D eigenvalue weighted by Crippen LogP contribution is -2.18. The molecule has 2 N–H and O–H groups in total. The maximum absolute atomic E-state index is 12.4. The number of hydrogen-bond donors (Lipinski definition) is 2. The maximum atomic E-state index is 12.4. The number of aromatic nitrogens is 1. The molecule has 2 aromatic heterocycles. The first kappa shape index (κ1) is 18.5. The molecule has 0 radical (unpaired) electrons. The van der Waals surface area contributed by atoms with Gasteiger partial charge >= 0.3 is 0 Å². The Balaban J connectivity index is 1.43. The highest BCUT2D eigenvalue weighted by Crippen LogP contribution is 2.35. The quantitative estimate of drug-likeness (QED) is 0.665. The summed E-state index contributed by atoms with van der Waals surface area (Å²) in [6.45, 7) is 2.95. The molecule has 0 bridgehead atoms. The second-order valence-electron chi connectivity index (χ2n) is 6.03. The molecule has 0 unspecified atom stereocenters. The van der Waals surface area contributed by atoms with Gasteiger partial charge in [-0.25, -0.2) is 4.98 Å². The minimum Gasteiger partial charge on any atom is -0.486 e. The Hall–Kier alpha value is -2.91. The first-order valence-electron chi connectivity index (χ1n) is 8.58. The predicted octanol–water partition coefficient (Wildman–Crippen LogP) is 3.53. The zero-order valence-corrected chi connectivity index (χ0v) is 16.6. The lowest BCUT2D eigenvalue weighted by Gasteiger charge is -2.18. The fraction of sp³-hybridized carbons (Fsp3) is 0.211. The van der Waals surface area contributed by atoms with Crippen LogP contribution < -0.4 is 20.1 Å². The number of rotatable bonds is 5. The molecule has 3 heterocycles. The van der Waals surface area contributed by atoms with Gasteiger partial charge in [-0.1, -0.05) is 0 Å². The summed E-state index contributed by atoms with van der Waals surface area (Å²) < 4.78 is 11.1. The lowest BCUT2D eigenvalue weighted by atomic mass is 10.1. The van der Waals surface area contributed by atoms with E-state index >= 15 is 0 Å². The molecule has 144 valence electrons. The normalized spacial score (nSPS) is 12.5. The van der Waals surface area contributed by atoms with E-state index in [1.807, 2.05) is 29.6 Å². The summed E-state index contributed by atoms with van der Waals surface area (Å²) >= 11 is 2.70. The van der Waals surface area contributed by atoms with Crippen LogP contribution in [-0.4, -0.2) is 30.0 Å². The molecule has 2 amide bonds. The van der Waals surface area contributed by atoms with Crippen LogP contribution in [0.1, 0.15) is 21.5 Å². The van der Waals surface area contributed by atoms with Crippen LogP contribution in [0.3, 0.4) is 0 Å². The van der Waals surface area contributed by atoms with Crippen molar-refractivity contribution in [1.29, 1.82) is 0 Å². The Morgan fingerprint density at radius 3 is 2.79 bits per heavy atom. The van der Waals surface area contributed by atoms with E-state index in [2.05, 4.69) is 15.6 Å². The highest BCUT2D eigenvalue weighted by atomic mass is 32.1. The van der Waals surface area contributed by atoms with Gasteiger partial charge in [-0.15, -0.1) is 22.7 Å². The number of hydrogen-bond acceptors (Lipinski definition) is 7. The second kappa shape index (κ2) is 7.99. The summed E-state index contributed by atoms with van der Waals surface area (Å²) in [4.78, 5) is 29.4. The first-order valence-corrected chi connectivity index (χ1v) is 10.3. The molecule has 28 heavy (non-hydrogen) atoms. The van der Waals surface area contributed by atoms with Crippen LogP contribution in [0.2, 0.25) is 0 Å². The highest BCUT2D eigenvalue weighted by Gasteiger charge is 2.15. The van der Waals surface area contributed by atoms with Crippen LogP contribution in [0, 0.1) is 0 Å². The Morgan fingerprint density at radius 1 is 1.14 bits per heavy atom. The number of carbonyl (C=O) groups excluding carboxylic acids is 2. The summed E-state index contributed by atoms with van der Waals surface area (Å²) in [5.74, 6) is 1.11. The van der Waals surface area contributed by atoms with Gasteiger partial charge in [-0.2, -0.15) is 0 Å². The number of thiophene rings is 1. The Bertz CT molecular complexity index is 1030. The van der Waals surface area contributed by atoms with Crippen molar-refractivity contribution in [1.82, 2.24) is 10.3 Å². The van der Waals surface area contributed by atoms with Crippen LogP contribution in [-0.2, 0) is 11.3 Å². The highest BCUT2D eigenvalue weighted by molar-refractivity contribution is 7.15. The van der Waals surface area contributed by atoms with Gasteiger partial charge in [-0.3, -0.25) is 14.9 Å². The van der Waals surface area contributed by atoms with E-state index in [0.717, 1.165) is 21.9 Å². The van der Waals surface area contributed by atoms with Crippen molar-refractivity contribution in [2.45, 2.75) is 13.5 Å². The minimum atomic E-state index is -0.220. The van der Waals surface area contributed by atoms with Crippen molar-refractivity contribution in [3.05, 3.63) is 45.5 Å². The van der Waals surface area contributed by atoms with Crippen molar-refractivity contribution in [3.8, 4) is 22.8 Å². The average Bonchev–Trinajstić information content (AvgIpc) is 3.35. The van der Waals surface area contributed by atoms with E-state index < -0.39 is 0 Å². The van der Waals surface area contributed by atoms with Crippen LogP contribution in [0.25, 0.3) is 11.3 Å². The van der Waals surface area contributed by atoms with Gasteiger partial charge in [0.1, 0.15) is 13.2 Å². The SMILES string of the molecule is CC(=O)NCc1ccc(C(=O)Nc2nc(-c3ccc4c(c3)OCCO4)cs2)s1. The van der Waals surface area contributed by atoms with Crippen molar-refractivity contribution < 1.29 is 19.1 Å². The largest absolute Gasteiger partial charge is 0.486 e. The van der Waals surface area contributed by atoms with Crippen LogP contribution in [0.4, 0.5) is 5.13 Å². The maximum Gasteiger partial charge on any atom is 0.267 e. The smallest absolute Gasteiger partial charge is 0.267 e. The second-order valence-corrected chi connectivity index (χ2v) is 8.05. The third-order valence-corrected chi connectivity index (χ3v) is 5.80. The van der Waals surface area contributed by atoms with Gasteiger partial charge in [0.05, 0.1) is 17.1 Å². The molecule has 0 aliphatic carbocycles. The topological polar surface area (TPSA) is 89.6 Å². The van der Waals surface area contributed by atoms with E-state index in [-0.39, 0.29) is 11.8 Å². The molecule has 0 saturated heterocycles. The van der Waals surface area contributed by atoms with E-state index in [0.29, 0.717) is 35.5 Å².